The number of hydrogen-bond donors (Lipinski definition) is 3. The predicted octanol–water partition coefficient (Wildman–Crippen LogP) is 4.88. The summed E-state index contributed by atoms with van der Waals surface area (Å²) in [6.45, 7) is 0. The SMILES string of the molecule is O=C(O)NC1CCC(Nc2c(C(=O)C3CC3)cnc3ccc(-c4ccncc4)cc23)CC1. The van der Waals surface area contributed by atoms with Gasteiger partial charge in [-0.25, -0.2) is 4.79 Å². The van der Waals surface area contributed by atoms with E-state index in [2.05, 4.69) is 26.7 Å². The van der Waals surface area contributed by atoms with Gasteiger partial charge in [-0.1, -0.05) is 6.07 Å². The molecule has 0 saturated heterocycles. The van der Waals surface area contributed by atoms with E-state index in [1.807, 2.05) is 24.3 Å². The van der Waals surface area contributed by atoms with E-state index < -0.39 is 6.09 Å². The number of carboxylic acid groups (broad SMARTS) is 1. The summed E-state index contributed by atoms with van der Waals surface area (Å²) in [6.07, 6.45) is 9.42. The minimum atomic E-state index is -0.970. The lowest BCUT2D eigenvalue weighted by atomic mass is 9.90. The molecule has 1 aromatic carbocycles. The van der Waals surface area contributed by atoms with Crippen LogP contribution in [0.1, 0.15) is 48.9 Å². The second-order valence-electron chi connectivity index (χ2n) is 8.80. The molecule has 2 heterocycles. The summed E-state index contributed by atoms with van der Waals surface area (Å²) in [5.41, 5.74) is 4.48. The van der Waals surface area contributed by atoms with Gasteiger partial charge in [-0.2, -0.15) is 0 Å². The number of aromatic nitrogens is 2. The summed E-state index contributed by atoms with van der Waals surface area (Å²) in [5.74, 6) is 0.270. The number of nitrogens with one attached hydrogen (secondary N) is 2. The van der Waals surface area contributed by atoms with Gasteiger partial charge in [0.1, 0.15) is 0 Å². The molecule has 3 N–H and O–H groups in total. The molecular weight excluding hydrogens is 404 g/mol. The first-order valence-corrected chi connectivity index (χ1v) is 11.2. The Balaban J connectivity index is 1.50. The number of benzene rings is 1. The van der Waals surface area contributed by atoms with Crippen LogP contribution in [0.4, 0.5) is 10.5 Å². The number of fused-ring (bicyclic) bond motifs is 1. The molecule has 32 heavy (non-hydrogen) atoms. The number of carbonyl (C=O) groups excluding carboxylic acids is 1. The first-order chi connectivity index (χ1) is 15.6. The number of amides is 1. The van der Waals surface area contributed by atoms with Crippen molar-refractivity contribution in [3.05, 3.63) is 54.5 Å². The maximum absolute atomic E-state index is 13.1. The molecule has 0 aliphatic heterocycles. The molecular formula is C25H26N4O3. The topological polar surface area (TPSA) is 104 Å². The molecule has 0 bridgehead atoms. The number of nitrogens with zero attached hydrogens (tertiary/aromatic N) is 2. The minimum absolute atomic E-state index is 0.00871. The van der Waals surface area contributed by atoms with Gasteiger partial charge in [-0.15, -0.1) is 0 Å². The van der Waals surface area contributed by atoms with E-state index in [0.717, 1.165) is 66.2 Å². The van der Waals surface area contributed by atoms with E-state index >= 15 is 0 Å². The predicted molar refractivity (Wildman–Crippen MR) is 123 cm³/mol. The van der Waals surface area contributed by atoms with E-state index in [-0.39, 0.29) is 23.8 Å². The fraction of sp³-hybridized carbons (Fsp3) is 0.360. The zero-order valence-corrected chi connectivity index (χ0v) is 17.8. The van der Waals surface area contributed by atoms with Crippen LogP contribution < -0.4 is 10.6 Å². The minimum Gasteiger partial charge on any atom is -0.465 e. The van der Waals surface area contributed by atoms with Crippen molar-refractivity contribution in [3.8, 4) is 11.1 Å². The molecule has 0 radical (unpaired) electrons. The molecule has 0 spiro atoms. The van der Waals surface area contributed by atoms with Crippen molar-refractivity contribution in [2.24, 2.45) is 5.92 Å². The Morgan fingerprint density at radius 2 is 1.62 bits per heavy atom. The van der Waals surface area contributed by atoms with Crippen molar-refractivity contribution in [1.82, 2.24) is 15.3 Å². The summed E-state index contributed by atoms with van der Waals surface area (Å²) in [6, 6.07) is 10.2. The number of carbonyl (C=O) groups is 2. The monoisotopic (exact) mass is 430 g/mol. The second kappa shape index (κ2) is 8.57. The molecule has 0 atom stereocenters. The van der Waals surface area contributed by atoms with Gasteiger partial charge in [0, 0.05) is 42.0 Å². The van der Waals surface area contributed by atoms with Crippen LogP contribution in [0.2, 0.25) is 0 Å². The molecule has 0 unspecified atom stereocenters. The van der Waals surface area contributed by atoms with Crippen LogP contribution in [0.5, 0.6) is 0 Å². The van der Waals surface area contributed by atoms with Gasteiger partial charge in [-0.05, 0) is 73.9 Å². The highest BCUT2D eigenvalue weighted by molar-refractivity contribution is 6.10. The third kappa shape index (κ3) is 4.28. The summed E-state index contributed by atoms with van der Waals surface area (Å²) < 4.78 is 0. The Morgan fingerprint density at radius 3 is 2.31 bits per heavy atom. The van der Waals surface area contributed by atoms with E-state index in [9.17, 15) is 9.59 Å². The van der Waals surface area contributed by atoms with Crippen LogP contribution in [-0.4, -0.2) is 39.0 Å². The number of Topliss-reactive ketones (excluding diaryl/α,β-unsaturated/α-hetero) is 1. The molecule has 1 amide bonds. The first kappa shape index (κ1) is 20.4. The summed E-state index contributed by atoms with van der Waals surface area (Å²) in [4.78, 5) is 32.7. The van der Waals surface area contributed by atoms with Crippen molar-refractivity contribution >= 4 is 28.5 Å². The molecule has 7 nitrogen and oxygen atoms in total. The molecule has 3 aromatic rings. The highest BCUT2D eigenvalue weighted by Gasteiger charge is 2.33. The summed E-state index contributed by atoms with van der Waals surface area (Å²) in [7, 11) is 0. The largest absolute Gasteiger partial charge is 0.465 e. The maximum atomic E-state index is 13.1. The third-order valence-electron chi connectivity index (χ3n) is 6.50. The molecule has 7 heteroatoms. The molecule has 2 fully saturated rings. The van der Waals surface area contributed by atoms with Crippen molar-refractivity contribution in [3.63, 3.8) is 0 Å². The fourth-order valence-electron chi connectivity index (χ4n) is 4.59. The third-order valence-corrected chi connectivity index (χ3v) is 6.50. The van der Waals surface area contributed by atoms with E-state index in [0.29, 0.717) is 5.56 Å². The number of rotatable bonds is 6. The smallest absolute Gasteiger partial charge is 0.404 e. The molecule has 2 aromatic heterocycles. The van der Waals surface area contributed by atoms with Crippen LogP contribution >= 0.6 is 0 Å². The van der Waals surface area contributed by atoms with Crippen LogP contribution in [0.25, 0.3) is 22.0 Å². The molecule has 2 aliphatic carbocycles. The number of ketones is 1. The highest BCUT2D eigenvalue weighted by atomic mass is 16.4. The quantitative estimate of drug-likeness (QED) is 0.482. The van der Waals surface area contributed by atoms with Crippen LogP contribution in [0.3, 0.4) is 0 Å². The van der Waals surface area contributed by atoms with Gasteiger partial charge in [-0.3, -0.25) is 14.8 Å². The van der Waals surface area contributed by atoms with Gasteiger partial charge < -0.3 is 15.7 Å². The van der Waals surface area contributed by atoms with Crippen LogP contribution in [0, 0.1) is 5.92 Å². The van der Waals surface area contributed by atoms with E-state index in [1.54, 1.807) is 18.6 Å². The van der Waals surface area contributed by atoms with Gasteiger partial charge in [0.25, 0.3) is 0 Å². The number of hydrogen-bond acceptors (Lipinski definition) is 5. The molecule has 2 aliphatic rings. The van der Waals surface area contributed by atoms with Crippen LogP contribution in [0.15, 0.2) is 48.9 Å². The Morgan fingerprint density at radius 1 is 0.906 bits per heavy atom. The summed E-state index contributed by atoms with van der Waals surface area (Å²) in [5, 5.41) is 16.2. The van der Waals surface area contributed by atoms with Gasteiger partial charge in [0.2, 0.25) is 0 Å². The molecule has 2 saturated carbocycles. The maximum Gasteiger partial charge on any atom is 0.404 e. The first-order valence-electron chi connectivity index (χ1n) is 11.2. The lowest BCUT2D eigenvalue weighted by Crippen LogP contribution is -2.39. The highest BCUT2D eigenvalue weighted by Crippen LogP contribution is 2.38. The Kier molecular flexibility index (Phi) is 5.47. The standard InChI is InChI=1S/C25H26N4O3/c30-24(16-1-2-16)21-14-27-22-8-3-17(15-9-11-26-12-10-15)13-20(22)23(21)28-18-4-6-19(7-5-18)29-25(31)32/h3,8-14,16,18-19,29H,1-2,4-7H2,(H,27,28)(H,31,32). The lowest BCUT2D eigenvalue weighted by molar-refractivity contribution is 0.0968. The van der Waals surface area contributed by atoms with Gasteiger partial charge >= 0.3 is 6.09 Å². The second-order valence-corrected chi connectivity index (χ2v) is 8.80. The van der Waals surface area contributed by atoms with Crippen LogP contribution in [-0.2, 0) is 0 Å². The van der Waals surface area contributed by atoms with Gasteiger partial charge in [0.05, 0.1) is 16.8 Å². The average molecular weight is 431 g/mol. The Labute approximate surface area is 186 Å². The zero-order valence-electron chi connectivity index (χ0n) is 17.8. The Bertz CT molecular complexity index is 1150. The van der Waals surface area contributed by atoms with E-state index in [1.165, 1.54) is 0 Å². The number of anilines is 1. The zero-order chi connectivity index (χ0) is 22.1. The van der Waals surface area contributed by atoms with Gasteiger partial charge in [0.15, 0.2) is 5.78 Å². The molecule has 5 rings (SSSR count). The Hall–Kier alpha value is -3.48. The van der Waals surface area contributed by atoms with Crippen molar-refractivity contribution in [2.45, 2.75) is 50.6 Å². The fourth-order valence-corrected chi connectivity index (χ4v) is 4.59. The summed E-state index contributed by atoms with van der Waals surface area (Å²) >= 11 is 0. The normalized spacial score (nSPS) is 20.6. The van der Waals surface area contributed by atoms with Crippen molar-refractivity contribution in [1.29, 1.82) is 0 Å². The lowest BCUT2D eigenvalue weighted by Gasteiger charge is -2.30. The van der Waals surface area contributed by atoms with Crippen molar-refractivity contribution < 1.29 is 14.7 Å². The van der Waals surface area contributed by atoms with Crippen molar-refractivity contribution in [2.75, 3.05) is 5.32 Å². The average Bonchev–Trinajstić information content (AvgIpc) is 3.66. The molecule has 164 valence electrons. The number of pyridine rings is 2. The van der Waals surface area contributed by atoms with E-state index in [4.69, 9.17) is 5.11 Å².